The van der Waals surface area contributed by atoms with Crippen LogP contribution in [0, 0.1) is 6.92 Å². The smallest absolute Gasteiger partial charge is 0.336 e. The molecule has 146 valence electrons. The lowest BCUT2D eigenvalue weighted by Crippen LogP contribution is -3.13. The van der Waals surface area contributed by atoms with Gasteiger partial charge in [-0.25, -0.2) is 14.8 Å². The second kappa shape index (κ2) is 7.72. The minimum Gasteiger partial charge on any atom is -0.423 e. The molecule has 0 bridgehead atoms. The van der Waals surface area contributed by atoms with Gasteiger partial charge < -0.3 is 14.2 Å². The first kappa shape index (κ1) is 18.6. The number of hydrogen-bond acceptors (Lipinski definition) is 5. The maximum absolute atomic E-state index is 12.1. The lowest BCUT2D eigenvalue weighted by Gasteiger charge is -2.32. The van der Waals surface area contributed by atoms with Gasteiger partial charge in [0.15, 0.2) is 0 Å². The van der Waals surface area contributed by atoms with Crippen LogP contribution in [0.5, 0.6) is 0 Å². The van der Waals surface area contributed by atoms with Gasteiger partial charge in [-0.3, -0.25) is 0 Å². The first-order valence-corrected chi connectivity index (χ1v) is 9.94. The number of hydrogen-bond donors (Lipinski definition) is 1. The third-order valence-electron chi connectivity index (χ3n) is 5.58. The van der Waals surface area contributed by atoms with Crippen LogP contribution >= 0.6 is 0 Å². The Hall–Kier alpha value is -2.73. The molecule has 1 aliphatic heterocycles. The molecule has 0 saturated carbocycles. The van der Waals surface area contributed by atoms with Crippen molar-refractivity contribution in [2.24, 2.45) is 0 Å². The van der Waals surface area contributed by atoms with Crippen molar-refractivity contribution in [2.45, 2.75) is 33.2 Å². The largest absolute Gasteiger partial charge is 0.423 e. The number of benzene rings is 1. The van der Waals surface area contributed by atoms with E-state index in [1.165, 1.54) is 16.0 Å². The highest BCUT2D eigenvalue weighted by atomic mass is 16.4. The molecule has 28 heavy (non-hydrogen) atoms. The SMILES string of the molecule is Cc1cc2oc(=O)cc(C[NH+]3CCN(c4ncccn4)CC3)c2cc1C(C)C. The predicted molar refractivity (Wildman–Crippen MR) is 110 cm³/mol. The van der Waals surface area contributed by atoms with Crippen molar-refractivity contribution in [3.8, 4) is 0 Å². The average molecular weight is 379 g/mol. The molecule has 1 saturated heterocycles. The summed E-state index contributed by atoms with van der Waals surface area (Å²) in [5, 5.41) is 1.07. The highest BCUT2D eigenvalue weighted by molar-refractivity contribution is 5.82. The van der Waals surface area contributed by atoms with Crippen molar-refractivity contribution < 1.29 is 9.32 Å². The molecule has 3 aromatic rings. The van der Waals surface area contributed by atoms with E-state index >= 15 is 0 Å². The van der Waals surface area contributed by atoms with E-state index in [-0.39, 0.29) is 5.63 Å². The highest BCUT2D eigenvalue weighted by Crippen LogP contribution is 2.26. The third-order valence-corrected chi connectivity index (χ3v) is 5.58. The summed E-state index contributed by atoms with van der Waals surface area (Å²) in [4.78, 5) is 24.5. The maximum Gasteiger partial charge on any atom is 0.336 e. The monoisotopic (exact) mass is 379 g/mol. The maximum atomic E-state index is 12.1. The van der Waals surface area contributed by atoms with Crippen molar-refractivity contribution in [1.29, 1.82) is 0 Å². The van der Waals surface area contributed by atoms with Crippen LogP contribution in [0.25, 0.3) is 11.0 Å². The average Bonchev–Trinajstić information content (AvgIpc) is 2.68. The van der Waals surface area contributed by atoms with Crippen molar-refractivity contribution in [3.05, 3.63) is 63.8 Å². The fraction of sp³-hybridized carbons (Fsp3) is 0.409. The topological polar surface area (TPSA) is 63.7 Å². The number of anilines is 1. The summed E-state index contributed by atoms with van der Waals surface area (Å²) in [6.07, 6.45) is 3.57. The van der Waals surface area contributed by atoms with Gasteiger partial charge in [-0.15, -0.1) is 0 Å². The summed E-state index contributed by atoms with van der Waals surface area (Å²) < 4.78 is 5.49. The summed E-state index contributed by atoms with van der Waals surface area (Å²) in [7, 11) is 0. The van der Waals surface area contributed by atoms with Crippen LogP contribution < -0.4 is 15.4 Å². The summed E-state index contributed by atoms with van der Waals surface area (Å²) in [6, 6.07) is 7.72. The molecule has 6 heteroatoms. The van der Waals surface area contributed by atoms with E-state index < -0.39 is 0 Å². The number of aromatic nitrogens is 2. The van der Waals surface area contributed by atoms with E-state index in [1.54, 1.807) is 18.5 Å². The Kier molecular flexibility index (Phi) is 5.13. The van der Waals surface area contributed by atoms with Gasteiger partial charge in [0.1, 0.15) is 12.1 Å². The Morgan fingerprint density at radius 3 is 2.54 bits per heavy atom. The Morgan fingerprint density at radius 2 is 1.86 bits per heavy atom. The lowest BCUT2D eigenvalue weighted by molar-refractivity contribution is -0.914. The van der Waals surface area contributed by atoms with Gasteiger partial charge in [-0.2, -0.15) is 0 Å². The molecule has 0 aliphatic carbocycles. The van der Waals surface area contributed by atoms with Gasteiger partial charge in [0, 0.05) is 29.4 Å². The molecule has 1 aliphatic rings. The summed E-state index contributed by atoms with van der Waals surface area (Å²) in [6.45, 7) is 11.1. The van der Waals surface area contributed by atoms with Gasteiger partial charge in [0.2, 0.25) is 5.95 Å². The molecule has 1 aromatic carbocycles. The van der Waals surface area contributed by atoms with Crippen molar-refractivity contribution in [3.63, 3.8) is 0 Å². The lowest BCUT2D eigenvalue weighted by atomic mass is 9.95. The number of piperazine rings is 1. The first-order chi connectivity index (χ1) is 13.5. The zero-order valence-electron chi connectivity index (χ0n) is 16.7. The van der Waals surface area contributed by atoms with Crippen molar-refractivity contribution in [1.82, 2.24) is 9.97 Å². The van der Waals surface area contributed by atoms with Gasteiger partial charge in [0.25, 0.3) is 0 Å². The van der Waals surface area contributed by atoms with Gasteiger partial charge in [-0.05, 0) is 42.2 Å². The van der Waals surface area contributed by atoms with Gasteiger partial charge in [-0.1, -0.05) is 13.8 Å². The second-order valence-corrected chi connectivity index (χ2v) is 7.91. The van der Waals surface area contributed by atoms with Gasteiger partial charge in [0.05, 0.1) is 26.2 Å². The molecule has 0 radical (unpaired) electrons. The number of rotatable bonds is 4. The van der Waals surface area contributed by atoms with Crippen LogP contribution in [0.3, 0.4) is 0 Å². The zero-order chi connectivity index (χ0) is 19.7. The molecule has 1 N–H and O–H groups in total. The Labute approximate surface area is 164 Å². The third kappa shape index (κ3) is 3.78. The molecular formula is C22H27N4O2+. The van der Waals surface area contributed by atoms with Crippen molar-refractivity contribution >= 4 is 16.9 Å². The Bertz CT molecular complexity index is 1020. The molecule has 6 nitrogen and oxygen atoms in total. The molecule has 0 atom stereocenters. The van der Waals surface area contributed by atoms with Crippen LogP contribution in [0.2, 0.25) is 0 Å². The normalized spacial score (nSPS) is 15.5. The minimum absolute atomic E-state index is 0.269. The molecule has 0 amide bonds. The Balaban J connectivity index is 1.56. The molecule has 3 heterocycles. The minimum atomic E-state index is -0.269. The van der Waals surface area contributed by atoms with E-state index in [0.717, 1.165) is 49.6 Å². The molecular weight excluding hydrogens is 352 g/mol. The number of fused-ring (bicyclic) bond motifs is 1. The quantitative estimate of drug-likeness (QED) is 0.702. The van der Waals surface area contributed by atoms with Crippen LogP contribution in [-0.2, 0) is 6.54 Å². The number of nitrogens with zero attached hydrogens (tertiary/aromatic N) is 3. The fourth-order valence-corrected chi connectivity index (χ4v) is 4.08. The number of quaternary nitrogens is 1. The summed E-state index contributed by atoms with van der Waals surface area (Å²) in [5.74, 6) is 1.23. The van der Waals surface area contributed by atoms with Crippen LogP contribution in [0.15, 0.2) is 45.9 Å². The molecule has 1 fully saturated rings. The summed E-state index contributed by atoms with van der Waals surface area (Å²) in [5.41, 5.74) is 3.98. The van der Waals surface area contributed by atoms with E-state index in [1.807, 2.05) is 12.1 Å². The second-order valence-electron chi connectivity index (χ2n) is 7.91. The fourth-order valence-electron chi connectivity index (χ4n) is 4.08. The molecule has 2 aromatic heterocycles. The number of nitrogens with one attached hydrogen (secondary N) is 1. The van der Waals surface area contributed by atoms with Crippen LogP contribution in [0.1, 0.15) is 36.5 Å². The van der Waals surface area contributed by atoms with Crippen molar-refractivity contribution in [2.75, 3.05) is 31.1 Å². The summed E-state index contributed by atoms with van der Waals surface area (Å²) >= 11 is 0. The van der Waals surface area contributed by atoms with Crippen LogP contribution in [0.4, 0.5) is 5.95 Å². The Morgan fingerprint density at radius 1 is 1.14 bits per heavy atom. The zero-order valence-corrected chi connectivity index (χ0v) is 16.7. The van der Waals surface area contributed by atoms with Crippen LogP contribution in [-0.4, -0.2) is 36.1 Å². The highest BCUT2D eigenvalue weighted by Gasteiger charge is 2.23. The van der Waals surface area contributed by atoms with E-state index in [0.29, 0.717) is 11.5 Å². The van der Waals surface area contributed by atoms with E-state index in [9.17, 15) is 4.79 Å². The molecule has 0 spiro atoms. The standard InChI is InChI=1S/C22H26N4O2/c1-15(2)18-13-19-17(12-21(27)28-20(19)11-16(18)3)14-25-7-9-26(10-8-25)22-23-5-4-6-24-22/h4-6,11-13,15H,7-10,14H2,1-3H3/p+1. The van der Waals surface area contributed by atoms with Gasteiger partial charge >= 0.3 is 5.63 Å². The first-order valence-electron chi connectivity index (χ1n) is 9.94. The van der Waals surface area contributed by atoms with E-state index in [2.05, 4.69) is 41.7 Å². The van der Waals surface area contributed by atoms with E-state index in [4.69, 9.17) is 4.42 Å². The molecule has 0 unspecified atom stereocenters. The predicted octanol–water partition coefficient (Wildman–Crippen LogP) is 1.92. The number of aryl methyl sites for hydroxylation is 1. The molecule has 4 rings (SSSR count).